The van der Waals surface area contributed by atoms with Gasteiger partial charge in [0.25, 0.3) is 0 Å². The second-order valence-electron chi connectivity index (χ2n) is 3.59. The second kappa shape index (κ2) is 5.87. The van der Waals surface area contributed by atoms with Crippen LogP contribution in [-0.4, -0.2) is 23.2 Å². The number of aromatic carboxylic acids is 1. The molecule has 98 valence electrons. The fourth-order valence-corrected chi connectivity index (χ4v) is 1.85. The third-order valence-corrected chi connectivity index (χ3v) is 3.21. The highest BCUT2D eigenvalue weighted by molar-refractivity contribution is 14.1. The van der Waals surface area contributed by atoms with Crippen LogP contribution in [0.2, 0.25) is 0 Å². The first-order valence-corrected chi connectivity index (χ1v) is 6.39. The van der Waals surface area contributed by atoms with Gasteiger partial charge >= 0.3 is 5.97 Å². The average molecular weight is 371 g/mol. The van der Waals surface area contributed by atoms with E-state index in [1.54, 1.807) is 24.4 Å². The molecule has 0 fully saturated rings. The van der Waals surface area contributed by atoms with Crippen LogP contribution in [0.5, 0.6) is 17.4 Å². The highest BCUT2D eigenvalue weighted by atomic mass is 127. The number of benzene rings is 1. The van der Waals surface area contributed by atoms with Crippen molar-refractivity contribution in [2.45, 2.75) is 0 Å². The Morgan fingerprint density at radius 2 is 2.11 bits per heavy atom. The Bertz CT molecular complexity index is 615. The van der Waals surface area contributed by atoms with E-state index in [4.69, 9.17) is 14.6 Å². The molecule has 0 bridgehead atoms. The van der Waals surface area contributed by atoms with Gasteiger partial charge in [-0.25, -0.2) is 9.78 Å². The molecule has 0 atom stereocenters. The number of hydrogen-bond donors (Lipinski definition) is 1. The standard InChI is InChI=1S/C13H10INO4/c1-18-12-7-9(4-5-15-12)19-11-6-8(13(16)17)2-3-10(11)14/h2-7H,1H3,(H,16,17). The Morgan fingerprint density at radius 1 is 1.32 bits per heavy atom. The first-order chi connectivity index (χ1) is 9.10. The minimum Gasteiger partial charge on any atom is -0.481 e. The summed E-state index contributed by atoms with van der Waals surface area (Å²) in [6.45, 7) is 0. The molecule has 6 heteroatoms. The van der Waals surface area contributed by atoms with Gasteiger partial charge in [-0.3, -0.25) is 0 Å². The molecule has 5 nitrogen and oxygen atoms in total. The predicted octanol–water partition coefficient (Wildman–Crippen LogP) is 3.19. The molecular formula is C13H10INO4. The van der Waals surface area contributed by atoms with Crippen molar-refractivity contribution >= 4 is 28.6 Å². The van der Waals surface area contributed by atoms with Gasteiger partial charge in [-0.2, -0.15) is 0 Å². The number of pyridine rings is 1. The minimum atomic E-state index is -0.992. The molecule has 1 aromatic carbocycles. The Hall–Kier alpha value is -1.83. The van der Waals surface area contributed by atoms with E-state index in [9.17, 15) is 4.79 Å². The van der Waals surface area contributed by atoms with Gasteiger partial charge in [-0.1, -0.05) is 0 Å². The Kier molecular flexibility index (Phi) is 4.20. The SMILES string of the molecule is COc1cc(Oc2cc(C(=O)O)ccc2I)ccn1. The van der Waals surface area contributed by atoms with Crippen molar-refractivity contribution in [2.75, 3.05) is 7.11 Å². The molecule has 1 N–H and O–H groups in total. The minimum absolute atomic E-state index is 0.177. The van der Waals surface area contributed by atoms with Crippen molar-refractivity contribution < 1.29 is 19.4 Å². The molecule has 0 aliphatic rings. The topological polar surface area (TPSA) is 68.7 Å². The van der Waals surface area contributed by atoms with E-state index in [2.05, 4.69) is 27.6 Å². The molecule has 0 amide bonds. The summed E-state index contributed by atoms with van der Waals surface area (Å²) in [6, 6.07) is 8.01. The number of carboxylic acids is 1. The zero-order chi connectivity index (χ0) is 13.8. The molecule has 0 unspecified atom stereocenters. The Balaban J connectivity index is 2.31. The van der Waals surface area contributed by atoms with E-state index in [1.807, 2.05) is 0 Å². The van der Waals surface area contributed by atoms with Gasteiger partial charge < -0.3 is 14.6 Å². The number of rotatable bonds is 4. The summed E-state index contributed by atoms with van der Waals surface area (Å²) in [6.07, 6.45) is 1.56. The third kappa shape index (κ3) is 3.34. The largest absolute Gasteiger partial charge is 0.481 e. The van der Waals surface area contributed by atoms with Crippen molar-refractivity contribution in [3.8, 4) is 17.4 Å². The molecule has 1 heterocycles. The number of aromatic nitrogens is 1. The van der Waals surface area contributed by atoms with Crippen molar-refractivity contribution in [3.63, 3.8) is 0 Å². The lowest BCUT2D eigenvalue weighted by Gasteiger charge is -2.09. The third-order valence-electron chi connectivity index (χ3n) is 2.32. The fraction of sp³-hybridized carbons (Fsp3) is 0.0769. The van der Waals surface area contributed by atoms with Crippen LogP contribution in [0.4, 0.5) is 0 Å². The van der Waals surface area contributed by atoms with Crippen LogP contribution in [0.1, 0.15) is 10.4 Å². The average Bonchev–Trinajstić information content (AvgIpc) is 2.41. The van der Waals surface area contributed by atoms with Crippen molar-refractivity contribution in [1.29, 1.82) is 0 Å². The summed E-state index contributed by atoms with van der Waals surface area (Å²) in [5, 5.41) is 8.96. The number of halogens is 1. The monoisotopic (exact) mass is 371 g/mol. The van der Waals surface area contributed by atoms with E-state index < -0.39 is 5.97 Å². The van der Waals surface area contributed by atoms with E-state index in [0.29, 0.717) is 17.4 Å². The molecule has 0 aliphatic carbocycles. The Labute approximate surface area is 123 Å². The predicted molar refractivity (Wildman–Crippen MR) is 77.0 cm³/mol. The van der Waals surface area contributed by atoms with Crippen molar-refractivity contribution in [2.24, 2.45) is 0 Å². The molecule has 0 spiro atoms. The molecule has 0 saturated heterocycles. The van der Waals surface area contributed by atoms with Gasteiger partial charge in [-0.05, 0) is 46.9 Å². The van der Waals surface area contributed by atoms with E-state index in [1.165, 1.54) is 19.2 Å². The maximum Gasteiger partial charge on any atom is 0.335 e. The van der Waals surface area contributed by atoms with E-state index in [0.717, 1.165) is 3.57 Å². The summed E-state index contributed by atoms with van der Waals surface area (Å²) in [7, 11) is 1.51. The van der Waals surface area contributed by atoms with Gasteiger partial charge in [-0.15, -0.1) is 0 Å². The van der Waals surface area contributed by atoms with E-state index >= 15 is 0 Å². The molecular weight excluding hydrogens is 361 g/mol. The Morgan fingerprint density at radius 3 is 2.79 bits per heavy atom. The van der Waals surface area contributed by atoms with Crippen LogP contribution in [0.3, 0.4) is 0 Å². The summed E-state index contributed by atoms with van der Waals surface area (Å²) >= 11 is 2.08. The maximum absolute atomic E-state index is 10.9. The molecule has 2 aromatic rings. The van der Waals surface area contributed by atoms with Crippen LogP contribution in [0.25, 0.3) is 0 Å². The number of carboxylic acid groups (broad SMARTS) is 1. The van der Waals surface area contributed by atoms with Crippen LogP contribution in [0, 0.1) is 3.57 Å². The van der Waals surface area contributed by atoms with Crippen LogP contribution < -0.4 is 9.47 Å². The quantitative estimate of drug-likeness (QED) is 0.837. The van der Waals surface area contributed by atoms with Gasteiger partial charge in [0.15, 0.2) is 0 Å². The normalized spacial score (nSPS) is 10.0. The zero-order valence-electron chi connectivity index (χ0n) is 9.96. The summed E-state index contributed by atoms with van der Waals surface area (Å²) in [5.74, 6) is 0.455. The first kappa shape index (κ1) is 13.6. The van der Waals surface area contributed by atoms with Crippen LogP contribution in [-0.2, 0) is 0 Å². The van der Waals surface area contributed by atoms with Crippen molar-refractivity contribution in [3.05, 3.63) is 45.7 Å². The lowest BCUT2D eigenvalue weighted by Crippen LogP contribution is -1.98. The summed E-state index contributed by atoms with van der Waals surface area (Å²) < 4.78 is 11.5. The maximum atomic E-state index is 10.9. The molecule has 1 aromatic heterocycles. The van der Waals surface area contributed by atoms with E-state index in [-0.39, 0.29) is 5.56 Å². The number of hydrogen-bond acceptors (Lipinski definition) is 4. The van der Waals surface area contributed by atoms with Crippen LogP contribution in [0.15, 0.2) is 36.5 Å². The highest BCUT2D eigenvalue weighted by Gasteiger charge is 2.09. The summed E-state index contributed by atoms with van der Waals surface area (Å²) in [4.78, 5) is 14.9. The van der Waals surface area contributed by atoms with Gasteiger partial charge in [0.1, 0.15) is 11.5 Å². The van der Waals surface area contributed by atoms with Gasteiger partial charge in [0, 0.05) is 12.3 Å². The molecule has 0 saturated carbocycles. The zero-order valence-corrected chi connectivity index (χ0v) is 12.1. The highest BCUT2D eigenvalue weighted by Crippen LogP contribution is 2.29. The first-order valence-electron chi connectivity index (χ1n) is 5.31. The molecule has 19 heavy (non-hydrogen) atoms. The fourth-order valence-electron chi connectivity index (χ4n) is 1.41. The second-order valence-corrected chi connectivity index (χ2v) is 4.75. The number of methoxy groups -OCH3 is 1. The van der Waals surface area contributed by atoms with Crippen LogP contribution >= 0.6 is 22.6 Å². The lowest BCUT2D eigenvalue weighted by atomic mass is 10.2. The van der Waals surface area contributed by atoms with Gasteiger partial charge in [0.05, 0.1) is 16.2 Å². The smallest absolute Gasteiger partial charge is 0.335 e. The molecule has 0 radical (unpaired) electrons. The van der Waals surface area contributed by atoms with Crippen molar-refractivity contribution in [1.82, 2.24) is 4.98 Å². The number of nitrogens with zero attached hydrogens (tertiary/aromatic N) is 1. The molecule has 2 rings (SSSR count). The number of carbonyl (C=O) groups is 1. The lowest BCUT2D eigenvalue weighted by molar-refractivity contribution is 0.0696. The molecule has 0 aliphatic heterocycles. The van der Waals surface area contributed by atoms with Gasteiger partial charge in [0.2, 0.25) is 5.88 Å². The summed E-state index contributed by atoms with van der Waals surface area (Å²) in [5.41, 5.74) is 0.177. The number of ether oxygens (including phenoxy) is 2.